The van der Waals surface area contributed by atoms with Crippen LogP contribution in [-0.4, -0.2) is 29.3 Å². The highest BCUT2D eigenvalue weighted by Crippen LogP contribution is 2.30. The van der Waals surface area contributed by atoms with Gasteiger partial charge in [-0.25, -0.2) is 0 Å². The number of amides is 2. The van der Waals surface area contributed by atoms with Gasteiger partial charge in [0.1, 0.15) is 0 Å². The van der Waals surface area contributed by atoms with Crippen LogP contribution < -0.4 is 5.32 Å². The number of hydrogen-bond acceptors (Lipinski definition) is 2. The van der Waals surface area contributed by atoms with E-state index < -0.39 is 0 Å². The van der Waals surface area contributed by atoms with Crippen molar-refractivity contribution >= 4 is 29.1 Å². The lowest BCUT2D eigenvalue weighted by Gasteiger charge is -2.23. The molecule has 1 unspecified atom stereocenters. The van der Waals surface area contributed by atoms with E-state index in [1.165, 1.54) is 12.8 Å². The van der Waals surface area contributed by atoms with E-state index in [2.05, 4.69) is 5.32 Å². The van der Waals surface area contributed by atoms with E-state index in [-0.39, 0.29) is 17.7 Å². The molecule has 3 rings (SSSR count). The smallest absolute Gasteiger partial charge is 0.229 e. The Morgan fingerprint density at radius 2 is 2.05 bits per heavy atom. The summed E-state index contributed by atoms with van der Waals surface area (Å²) in [6.45, 7) is 2.47. The van der Waals surface area contributed by atoms with Crippen molar-refractivity contribution < 1.29 is 9.59 Å². The Morgan fingerprint density at radius 1 is 1.32 bits per heavy atom. The van der Waals surface area contributed by atoms with Crippen LogP contribution in [0.4, 0.5) is 5.69 Å². The van der Waals surface area contributed by atoms with Crippen LogP contribution in [0.5, 0.6) is 0 Å². The molecule has 0 spiro atoms. The fraction of sp³-hybridized carbons (Fsp3) is 0.529. The maximum absolute atomic E-state index is 12.4. The maximum Gasteiger partial charge on any atom is 0.229 e. The SMILES string of the molecule is Cc1ccc(NC(=O)C2CC(=O)N(C3CCCC3)C2)cc1Cl. The molecule has 1 N–H and O–H groups in total. The van der Waals surface area contributed by atoms with Crippen molar-refractivity contribution in [3.05, 3.63) is 28.8 Å². The lowest BCUT2D eigenvalue weighted by molar-refractivity contribution is -0.129. The molecule has 22 heavy (non-hydrogen) atoms. The molecule has 1 heterocycles. The molecule has 2 fully saturated rings. The summed E-state index contributed by atoms with van der Waals surface area (Å²) in [5.41, 5.74) is 1.66. The fourth-order valence-electron chi connectivity index (χ4n) is 3.39. The van der Waals surface area contributed by atoms with Crippen molar-refractivity contribution in [1.82, 2.24) is 4.90 Å². The number of carbonyl (C=O) groups excluding carboxylic acids is 2. The zero-order valence-corrected chi connectivity index (χ0v) is 13.5. The number of rotatable bonds is 3. The highest BCUT2D eigenvalue weighted by Gasteiger charge is 2.38. The molecule has 1 atom stereocenters. The van der Waals surface area contributed by atoms with Crippen LogP contribution in [0.25, 0.3) is 0 Å². The van der Waals surface area contributed by atoms with Gasteiger partial charge in [0, 0.05) is 29.7 Å². The second-order valence-electron chi connectivity index (χ2n) is 6.34. The summed E-state index contributed by atoms with van der Waals surface area (Å²) in [6, 6.07) is 5.81. The Balaban J connectivity index is 1.63. The van der Waals surface area contributed by atoms with Crippen molar-refractivity contribution in [1.29, 1.82) is 0 Å². The molecule has 1 aliphatic carbocycles. The summed E-state index contributed by atoms with van der Waals surface area (Å²) in [7, 11) is 0. The first-order chi connectivity index (χ1) is 10.5. The molecule has 118 valence electrons. The molecule has 1 aromatic rings. The predicted molar refractivity (Wildman–Crippen MR) is 86.9 cm³/mol. The number of benzene rings is 1. The van der Waals surface area contributed by atoms with Crippen LogP contribution in [0.3, 0.4) is 0 Å². The second kappa shape index (κ2) is 6.29. The standard InChI is InChI=1S/C17H21ClN2O2/c1-11-6-7-13(9-15(11)18)19-17(22)12-8-16(21)20(10-12)14-4-2-3-5-14/h6-7,9,12,14H,2-5,8,10H2,1H3,(H,19,22). The summed E-state index contributed by atoms with van der Waals surface area (Å²) in [5.74, 6) is -0.226. The molecule has 5 heteroatoms. The van der Waals surface area contributed by atoms with Crippen molar-refractivity contribution in [2.75, 3.05) is 11.9 Å². The number of carbonyl (C=O) groups is 2. The van der Waals surface area contributed by atoms with Crippen molar-refractivity contribution in [3.8, 4) is 0 Å². The minimum absolute atomic E-state index is 0.0891. The van der Waals surface area contributed by atoms with E-state index in [0.29, 0.717) is 29.7 Å². The zero-order valence-electron chi connectivity index (χ0n) is 12.8. The average Bonchev–Trinajstić information content (AvgIpc) is 3.12. The van der Waals surface area contributed by atoms with Gasteiger partial charge in [0.2, 0.25) is 11.8 Å². The van der Waals surface area contributed by atoms with Crippen LogP contribution in [-0.2, 0) is 9.59 Å². The van der Waals surface area contributed by atoms with Gasteiger partial charge in [0.25, 0.3) is 0 Å². The Labute approximate surface area is 135 Å². The van der Waals surface area contributed by atoms with Gasteiger partial charge >= 0.3 is 0 Å². The number of likely N-dealkylation sites (tertiary alicyclic amines) is 1. The first-order valence-corrected chi connectivity index (χ1v) is 8.29. The summed E-state index contributed by atoms with van der Waals surface area (Å²) < 4.78 is 0. The van der Waals surface area contributed by atoms with Gasteiger partial charge in [-0.05, 0) is 37.5 Å². The van der Waals surface area contributed by atoms with Gasteiger partial charge in [-0.15, -0.1) is 0 Å². The molecule has 2 amide bonds. The van der Waals surface area contributed by atoms with Crippen molar-refractivity contribution in [3.63, 3.8) is 0 Å². The monoisotopic (exact) mass is 320 g/mol. The van der Waals surface area contributed by atoms with Crippen LogP contribution in [0.2, 0.25) is 5.02 Å². The lowest BCUT2D eigenvalue weighted by atomic mass is 10.1. The Kier molecular flexibility index (Phi) is 4.39. The molecule has 1 aliphatic heterocycles. The van der Waals surface area contributed by atoms with E-state index in [1.54, 1.807) is 6.07 Å². The summed E-state index contributed by atoms with van der Waals surface area (Å²) >= 11 is 6.08. The summed E-state index contributed by atoms with van der Waals surface area (Å²) in [5, 5.41) is 3.51. The van der Waals surface area contributed by atoms with E-state index in [1.807, 2.05) is 24.0 Å². The molecule has 2 aliphatic rings. The number of hydrogen-bond donors (Lipinski definition) is 1. The maximum atomic E-state index is 12.4. The molecular weight excluding hydrogens is 300 g/mol. The number of aryl methyl sites for hydroxylation is 1. The van der Waals surface area contributed by atoms with Crippen molar-refractivity contribution in [2.24, 2.45) is 5.92 Å². The van der Waals surface area contributed by atoms with Gasteiger partial charge in [-0.2, -0.15) is 0 Å². The van der Waals surface area contributed by atoms with E-state index in [9.17, 15) is 9.59 Å². The molecular formula is C17H21ClN2O2. The summed E-state index contributed by atoms with van der Waals surface area (Å²) in [6.07, 6.45) is 4.85. The Bertz CT molecular complexity index is 596. The molecule has 1 saturated heterocycles. The number of halogens is 1. The lowest BCUT2D eigenvalue weighted by Crippen LogP contribution is -2.35. The molecule has 4 nitrogen and oxygen atoms in total. The third-order valence-corrected chi connectivity index (χ3v) is 5.14. The van der Waals surface area contributed by atoms with Gasteiger partial charge in [-0.3, -0.25) is 9.59 Å². The normalized spacial score (nSPS) is 22.4. The van der Waals surface area contributed by atoms with Gasteiger partial charge in [0.05, 0.1) is 5.92 Å². The predicted octanol–water partition coefficient (Wildman–Crippen LogP) is 3.38. The number of nitrogens with one attached hydrogen (secondary N) is 1. The first kappa shape index (κ1) is 15.3. The summed E-state index contributed by atoms with van der Waals surface area (Å²) in [4.78, 5) is 26.5. The first-order valence-electron chi connectivity index (χ1n) is 7.91. The highest BCUT2D eigenvalue weighted by molar-refractivity contribution is 6.31. The van der Waals surface area contributed by atoms with Crippen LogP contribution in [0.1, 0.15) is 37.7 Å². The van der Waals surface area contributed by atoms with Crippen LogP contribution >= 0.6 is 11.6 Å². The molecule has 0 radical (unpaired) electrons. The van der Waals surface area contributed by atoms with E-state index >= 15 is 0 Å². The Morgan fingerprint density at radius 3 is 2.73 bits per heavy atom. The Hall–Kier alpha value is -1.55. The third-order valence-electron chi connectivity index (χ3n) is 4.73. The largest absolute Gasteiger partial charge is 0.339 e. The number of anilines is 1. The van der Waals surface area contributed by atoms with Crippen LogP contribution in [0, 0.1) is 12.8 Å². The second-order valence-corrected chi connectivity index (χ2v) is 6.75. The third kappa shape index (κ3) is 3.12. The van der Waals surface area contributed by atoms with Gasteiger partial charge < -0.3 is 10.2 Å². The molecule has 1 aromatic carbocycles. The van der Waals surface area contributed by atoms with Crippen molar-refractivity contribution in [2.45, 2.75) is 45.1 Å². The molecule has 1 saturated carbocycles. The molecule has 0 aromatic heterocycles. The molecule has 0 bridgehead atoms. The fourth-order valence-corrected chi connectivity index (χ4v) is 3.57. The van der Waals surface area contributed by atoms with Gasteiger partial charge in [0.15, 0.2) is 0 Å². The minimum Gasteiger partial charge on any atom is -0.339 e. The highest BCUT2D eigenvalue weighted by atomic mass is 35.5. The van der Waals surface area contributed by atoms with E-state index in [0.717, 1.165) is 18.4 Å². The van der Waals surface area contributed by atoms with E-state index in [4.69, 9.17) is 11.6 Å². The minimum atomic E-state index is -0.256. The topological polar surface area (TPSA) is 49.4 Å². The number of nitrogens with zero attached hydrogens (tertiary/aromatic N) is 1. The zero-order chi connectivity index (χ0) is 15.7. The quantitative estimate of drug-likeness (QED) is 0.928. The average molecular weight is 321 g/mol. The van der Waals surface area contributed by atoms with Crippen LogP contribution in [0.15, 0.2) is 18.2 Å². The van der Waals surface area contributed by atoms with Gasteiger partial charge in [-0.1, -0.05) is 30.5 Å².